The first-order chi connectivity index (χ1) is 14.2. The summed E-state index contributed by atoms with van der Waals surface area (Å²) in [7, 11) is 0. The molecule has 1 saturated heterocycles. The van der Waals surface area contributed by atoms with Gasteiger partial charge in [0, 0.05) is 32.5 Å². The van der Waals surface area contributed by atoms with Crippen molar-refractivity contribution in [1.29, 1.82) is 0 Å². The van der Waals surface area contributed by atoms with Crippen LogP contribution < -0.4 is 4.74 Å². The smallest absolute Gasteiger partial charge is 0.138 e. The number of Topliss-reactive ketones (excluding diaryl/α,β-unsaturated/α-hetero) is 1. The second-order valence-electron chi connectivity index (χ2n) is 9.62. The highest BCUT2D eigenvalue weighted by molar-refractivity contribution is 5.81. The van der Waals surface area contributed by atoms with E-state index < -0.39 is 5.67 Å². The number of halogens is 1. The van der Waals surface area contributed by atoms with Crippen LogP contribution in [0.3, 0.4) is 0 Å². The van der Waals surface area contributed by atoms with E-state index in [1.807, 2.05) is 54.6 Å². The first kappa shape index (κ1) is 22.5. The van der Waals surface area contributed by atoms with E-state index in [1.165, 1.54) is 0 Å². The highest BCUT2D eigenvalue weighted by Crippen LogP contribution is 2.37. The van der Waals surface area contributed by atoms with Gasteiger partial charge in [0.1, 0.15) is 23.8 Å². The maximum Gasteiger partial charge on any atom is 0.138 e. The zero-order chi connectivity index (χ0) is 21.6. The third-order valence-corrected chi connectivity index (χ3v) is 5.64. The molecule has 0 aliphatic carbocycles. The fourth-order valence-corrected chi connectivity index (χ4v) is 4.07. The van der Waals surface area contributed by atoms with Crippen LogP contribution in [0.1, 0.15) is 51.2 Å². The van der Waals surface area contributed by atoms with Crippen LogP contribution in [0, 0.1) is 5.41 Å². The summed E-state index contributed by atoms with van der Waals surface area (Å²) < 4.78 is 21.5. The van der Waals surface area contributed by atoms with Gasteiger partial charge in [-0.1, -0.05) is 63.2 Å². The van der Waals surface area contributed by atoms with Gasteiger partial charge in [-0.2, -0.15) is 0 Å². The van der Waals surface area contributed by atoms with E-state index in [4.69, 9.17) is 4.74 Å². The zero-order valence-corrected chi connectivity index (χ0v) is 18.5. The second kappa shape index (κ2) is 9.74. The molecule has 30 heavy (non-hydrogen) atoms. The van der Waals surface area contributed by atoms with Crippen LogP contribution >= 0.6 is 0 Å². The van der Waals surface area contributed by atoms with Crippen molar-refractivity contribution in [2.45, 2.75) is 52.1 Å². The van der Waals surface area contributed by atoms with Crippen molar-refractivity contribution in [1.82, 2.24) is 4.90 Å². The molecule has 0 bridgehead atoms. The number of hydrogen-bond donors (Lipinski definition) is 0. The number of likely N-dealkylation sites (tertiary alicyclic amines) is 1. The van der Waals surface area contributed by atoms with Crippen LogP contribution in [0.25, 0.3) is 0 Å². The number of carbonyl (C=O) groups excluding carboxylic acids is 1. The average Bonchev–Trinajstić information content (AvgIpc) is 2.69. The van der Waals surface area contributed by atoms with Gasteiger partial charge in [0.05, 0.1) is 0 Å². The summed E-state index contributed by atoms with van der Waals surface area (Å²) in [6.45, 7) is 9.02. The predicted molar refractivity (Wildman–Crippen MR) is 120 cm³/mol. The molecule has 4 heteroatoms. The molecule has 0 radical (unpaired) electrons. The van der Waals surface area contributed by atoms with E-state index in [1.54, 1.807) is 0 Å². The lowest BCUT2D eigenvalue weighted by Gasteiger charge is -2.36. The van der Waals surface area contributed by atoms with Crippen LogP contribution in [0.15, 0.2) is 54.6 Å². The van der Waals surface area contributed by atoms with Crippen molar-refractivity contribution in [3.63, 3.8) is 0 Å². The number of ether oxygens (including phenoxy) is 1. The van der Waals surface area contributed by atoms with Crippen molar-refractivity contribution in [2.24, 2.45) is 5.41 Å². The average molecular weight is 412 g/mol. The number of benzene rings is 2. The van der Waals surface area contributed by atoms with Crippen molar-refractivity contribution in [3.8, 4) is 5.75 Å². The Hall–Kier alpha value is -2.20. The van der Waals surface area contributed by atoms with Gasteiger partial charge < -0.3 is 4.74 Å². The molecule has 0 saturated carbocycles. The van der Waals surface area contributed by atoms with E-state index in [0.717, 1.165) is 17.9 Å². The Morgan fingerprint density at radius 3 is 2.43 bits per heavy atom. The van der Waals surface area contributed by atoms with Crippen LogP contribution in [-0.4, -0.2) is 36.9 Å². The molecule has 2 aromatic rings. The number of rotatable bonds is 8. The number of hydrogen-bond acceptors (Lipinski definition) is 3. The van der Waals surface area contributed by atoms with Crippen LogP contribution in [0.5, 0.6) is 5.75 Å². The Bertz CT molecular complexity index is 820. The van der Waals surface area contributed by atoms with Crippen molar-refractivity contribution >= 4 is 5.78 Å². The number of carbonyl (C=O) groups is 1. The number of nitrogens with zero attached hydrogens (tertiary/aromatic N) is 1. The molecule has 3 rings (SSSR count). The van der Waals surface area contributed by atoms with E-state index in [-0.39, 0.29) is 11.2 Å². The molecule has 1 heterocycles. The Balaban J connectivity index is 1.51. The minimum absolute atomic E-state index is 0.0208. The maximum absolute atomic E-state index is 15.7. The molecular weight excluding hydrogens is 377 g/mol. The van der Waals surface area contributed by atoms with Crippen molar-refractivity contribution in [2.75, 3.05) is 26.2 Å². The Morgan fingerprint density at radius 2 is 1.77 bits per heavy atom. The number of piperidine rings is 1. The first-order valence-corrected chi connectivity index (χ1v) is 10.9. The monoisotopic (exact) mass is 411 g/mol. The van der Waals surface area contributed by atoms with Crippen LogP contribution in [-0.2, 0) is 16.9 Å². The summed E-state index contributed by atoms with van der Waals surface area (Å²) >= 11 is 0. The predicted octanol–water partition coefficient (Wildman–Crippen LogP) is 5.57. The molecule has 0 spiro atoms. The number of para-hydroxylation sites is 1. The molecule has 2 aromatic carbocycles. The molecule has 1 aliphatic rings. The molecule has 0 atom stereocenters. The lowest BCUT2D eigenvalue weighted by molar-refractivity contribution is -0.120. The quantitative estimate of drug-likeness (QED) is 0.568. The van der Waals surface area contributed by atoms with Gasteiger partial charge in [-0.15, -0.1) is 0 Å². The fourth-order valence-electron chi connectivity index (χ4n) is 4.07. The summed E-state index contributed by atoms with van der Waals surface area (Å²) in [5.41, 5.74) is 0.286. The lowest BCUT2D eigenvalue weighted by Crippen LogP contribution is -2.41. The standard InChI is InChI=1S/C26H34FNO2/c1-25(2,3)20-23(29)19-21-8-7-9-22(18-21)26(27)12-14-28(15-13-26)16-17-30-24-10-5-4-6-11-24/h4-11,18H,12-17,19-20H2,1-3H3. The summed E-state index contributed by atoms with van der Waals surface area (Å²) in [4.78, 5) is 14.6. The van der Waals surface area contributed by atoms with Gasteiger partial charge in [-0.25, -0.2) is 4.39 Å². The highest BCUT2D eigenvalue weighted by atomic mass is 19.1. The van der Waals surface area contributed by atoms with Gasteiger partial charge in [0.2, 0.25) is 0 Å². The van der Waals surface area contributed by atoms with E-state index in [9.17, 15) is 4.79 Å². The second-order valence-corrected chi connectivity index (χ2v) is 9.62. The summed E-state index contributed by atoms with van der Waals surface area (Å²) in [6, 6.07) is 17.4. The van der Waals surface area contributed by atoms with E-state index in [2.05, 4.69) is 25.7 Å². The van der Waals surface area contributed by atoms with Crippen molar-refractivity contribution in [3.05, 3.63) is 65.7 Å². The van der Waals surface area contributed by atoms with Gasteiger partial charge in [-0.3, -0.25) is 9.69 Å². The molecule has 0 N–H and O–H groups in total. The van der Waals surface area contributed by atoms with E-state index >= 15 is 4.39 Å². The van der Waals surface area contributed by atoms with Gasteiger partial charge in [-0.05, 0) is 41.5 Å². The van der Waals surface area contributed by atoms with Gasteiger partial charge in [0.25, 0.3) is 0 Å². The fraction of sp³-hybridized carbons (Fsp3) is 0.500. The molecule has 3 nitrogen and oxygen atoms in total. The minimum Gasteiger partial charge on any atom is -0.492 e. The summed E-state index contributed by atoms with van der Waals surface area (Å²) in [6.07, 6.45) is 1.86. The van der Waals surface area contributed by atoms with Gasteiger partial charge >= 0.3 is 0 Å². The number of alkyl halides is 1. The Labute approximate surface area is 180 Å². The third kappa shape index (κ3) is 6.66. The van der Waals surface area contributed by atoms with E-state index in [0.29, 0.717) is 50.9 Å². The molecule has 1 fully saturated rings. The summed E-state index contributed by atoms with van der Waals surface area (Å²) in [5, 5.41) is 0. The third-order valence-electron chi connectivity index (χ3n) is 5.64. The summed E-state index contributed by atoms with van der Waals surface area (Å²) in [5.74, 6) is 1.08. The molecule has 0 unspecified atom stereocenters. The first-order valence-electron chi connectivity index (χ1n) is 10.9. The molecular formula is C26H34FNO2. The SMILES string of the molecule is CC(C)(C)CC(=O)Cc1cccc(C2(F)CCN(CCOc3ccccc3)CC2)c1. The molecule has 162 valence electrons. The highest BCUT2D eigenvalue weighted by Gasteiger charge is 2.36. The maximum atomic E-state index is 15.7. The van der Waals surface area contributed by atoms with Gasteiger partial charge in [0.15, 0.2) is 0 Å². The zero-order valence-electron chi connectivity index (χ0n) is 18.5. The van der Waals surface area contributed by atoms with Crippen molar-refractivity contribution < 1.29 is 13.9 Å². The topological polar surface area (TPSA) is 29.5 Å². The Morgan fingerprint density at radius 1 is 1.07 bits per heavy atom. The molecule has 1 aliphatic heterocycles. The van der Waals surface area contributed by atoms with Crippen LogP contribution in [0.4, 0.5) is 4.39 Å². The Kier molecular flexibility index (Phi) is 7.30. The molecule has 0 amide bonds. The van der Waals surface area contributed by atoms with Crippen LogP contribution in [0.2, 0.25) is 0 Å². The normalized spacial score (nSPS) is 16.9. The minimum atomic E-state index is -1.32. The largest absolute Gasteiger partial charge is 0.492 e. The molecule has 0 aromatic heterocycles. The number of ketones is 1. The lowest BCUT2D eigenvalue weighted by atomic mass is 9.84.